The highest BCUT2D eigenvalue weighted by Crippen LogP contribution is 2.32. The number of methoxy groups -OCH3 is 1. The molecule has 0 unspecified atom stereocenters. The standard InChI is InChI=1S/C31H31N3O7/c1-40-29-15-22(16-31(36)37)7-10-28(29)41-25-11-13-32(14-12-25)30(35)17-23-20-33(19-21-5-3-2-4-6-21)27-18-24(34(38)39)8-9-26(23)27/h2-10,15,18,20,25H,11-14,16-17,19H2,1H3,(H,36,37). The summed E-state index contributed by atoms with van der Waals surface area (Å²) in [7, 11) is 1.52. The average Bonchev–Trinajstić information content (AvgIpc) is 3.30. The second kappa shape index (κ2) is 12.1. The average molecular weight is 558 g/mol. The molecule has 0 spiro atoms. The number of aromatic nitrogens is 1. The van der Waals surface area contributed by atoms with Gasteiger partial charge in [0.1, 0.15) is 6.10 Å². The molecule has 1 amide bonds. The summed E-state index contributed by atoms with van der Waals surface area (Å²) in [5.41, 5.74) is 3.26. The minimum atomic E-state index is -0.917. The number of fused-ring (bicyclic) bond motifs is 1. The van der Waals surface area contributed by atoms with E-state index in [0.29, 0.717) is 49.5 Å². The molecule has 1 N–H and O–H groups in total. The first-order valence-corrected chi connectivity index (χ1v) is 13.4. The number of carbonyl (C=O) groups excluding carboxylic acids is 1. The molecule has 0 atom stereocenters. The van der Waals surface area contributed by atoms with Crippen LogP contribution in [-0.4, -0.2) is 57.7 Å². The molecule has 41 heavy (non-hydrogen) atoms. The van der Waals surface area contributed by atoms with Gasteiger partial charge in [-0.2, -0.15) is 0 Å². The van der Waals surface area contributed by atoms with Gasteiger partial charge in [0.05, 0.1) is 30.4 Å². The highest BCUT2D eigenvalue weighted by molar-refractivity contribution is 5.90. The predicted molar refractivity (Wildman–Crippen MR) is 152 cm³/mol. The zero-order valence-electron chi connectivity index (χ0n) is 22.7. The van der Waals surface area contributed by atoms with Crippen LogP contribution in [0.5, 0.6) is 11.5 Å². The minimum absolute atomic E-state index is 0.00355. The number of non-ortho nitro benzene ring substituents is 1. The molecule has 212 valence electrons. The summed E-state index contributed by atoms with van der Waals surface area (Å²) in [6.45, 7) is 1.62. The first kappa shape index (κ1) is 27.7. The van der Waals surface area contributed by atoms with Crippen LogP contribution in [0.4, 0.5) is 5.69 Å². The van der Waals surface area contributed by atoms with Gasteiger partial charge in [0.2, 0.25) is 5.91 Å². The molecule has 0 bridgehead atoms. The molecule has 2 heterocycles. The minimum Gasteiger partial charge on any atom is -0.493 e. The topological polar surface area (TPSA) is 124 Å². The summed E-state index contributed by atoms with van der Waals surface area (Å²) in [6.07, 6.45) is 3.21. The summed E-state index contributed by atoms with van der Waals surface area (Å²) >= 11 is 0. The van der Waals surface area contributed by atoms with E-state index in [1.807, 2.05) is 46.0 Å². The quantitative estimate of drug-likeness (QED) is 0.218. The number of aliphatic carboxylic acids is 1. The predicted octanol–water partition coefficient (Wildman–Crippen LogP) is 4.85. The molecule has 10 nitrogen and oxygen atoms in total. The maximum Gasteiger partial charge on any atom is 0.307 e. The Morgan fingerprint density at radius 2 is 1.73 bits per heavy atom. The molecule has 1 aliphatic rings. The fraction of sp³-hybridized carbons (Fsp3) is 0.290. The van der Waals surface area contributed by atoms with E-state index in [2.05, 4.69) is 0 Å². The van der Waals surface area contributed by atoms with Gasteiger partial charge >= 0.3 is 5.97 Å². The van der Waals surface area contributed by atoms with Crippen molar-refractivity contribution in [1.29, 1.82) is 0 Å². The van der Waals surface area contributed by atoms with Gasteiger partial charge in [-0.1, -0.05) is 36.4 Å². The van der Waals surface area contributed by atoms with Crippen molar-refractivity contribution in [3.05, 3.63) is 99.7 Å². The van der Waals surface area contributed by atoms with Crippen molar-refractivity contribution in [3.63, 3.8) is 0 Å². The van der Waals surface area contributed by atoms with Crippen molar-refractivity contribution in [2.45, 2.75) is 38.3 Å². The number of hydrogen-bond acceptors (Lipinski definition) is 6. The first-order valence-electron chi connectivity index (χ1n) is 13.4. The molecule has 1 saturated heterocycles. The molecule has 0 aliphatic carbocycles. The summed E-state index contributed by atoms with van der Waals surface area (Å²) < 4.78 is 13.5. The smallest absolute Gasteiger partial charge is 0.307 e. The molecule has 0 radical (unpaired) electrons. The molecule has 1 fully saturated rings. The van der Waals surface area contributed by atoms with Gasteiger partial charge in [0, 0.05) is 56.2 Å². The molecule has 1 aromatic heterocycles. The third-order valence-electron chi connectivity index (χ3n) is 7.37. The zero-order valence-corrected chi connectivity index (χ0v) is 22.7. The number of carboxylic acid groups (broad SMARTS) is 1. The Bertz CT molecular complexity index is 1570. The largest absolute Gasteiger partial charge is 0.493 e. The summed E-state index contributed by atoms with van der Waals surface area (Å²) in [4.78, 5) is 37.2. The van der Waals surface area contributed by atoms with Crippen LogP contribution in [0.25, 0.3) is 10.9 Å². The van der Waals surface area contributed by atoms with Gasteiger partial charge in [0.25, 0.3) is 5.69 Å². The van der Waals surface area contributed by atoms with Crippen LogP contribution in [0.1, 0.15) is 29.5 Å². The number of nitro groups is 1. The lowest BCUT2D eigenvalue weighted by Gasteiger charge is -2.32. The number of nitro benzene ring substituents is 1. The Kier molecular flexibility index (Phi) is 8.19. The number of piperidine rings is 1. The zero-order chi connectivity index (χ0) is 28.9. The Morgan fingerprint density at radius 1 is 0.976 bits per heavy atom. The number of carbonyl (C=O) groups is 2. The van der Waals surface area contributed by atoms with E-state index in [1.54, 1.807) is 30.3 Å². The van der Waals surface area contributed by atoms with Crippen LogP contribution < -0.4 is 9.47 Å². The summed E-state index contributed by atoms with van der Waals surface area (Å²) in [5, 5.41) is 21.3. The molecule has 3 aromatic carbocycles. The number of benzene rings is 3. The van der Waals surface area contributed by atoms with E-state index in [0.717, 1.165) is 22.0 Å². The second-order valence-electron chi connectivity index (χ2n) is 10.2. The van der Waals surface area contributed by atoms with Crippen molar-refractivity contribution < 1.29 is 29.1 Å². The normalized spacial score (nSPS) is 13.7. The number of ether oxygens (including phenoxy) is 2. The van der Waals surface area contributed by atoms with E-state index in [-0.39, 0.29) is 30.5 Å². The van der Waals surface area contributed by atoms with Crippen LogP contribution in [-0.2, 0) is 29.0 Å². The summed E-state index contributed by atoms with van der Waals surface area (Å²) in [5.74, 6) is 0.108. The molecular weight excluding hydrogens is 526 g/mol. The van der Waals surface area contributed by atoms with Gasteiger partial charge < -0.3 is 24.0 Å². The third kappa shape index (κ3) is 6.49. The lowest BCUT2D eigenvalue weighted by molar-refractivity contribution is -0.384. The highest BCUT2D eigenvalue weighted by Gasteiger charge is 2.26. The van der Waals surface area contributed by atoms with Gasteiger partial charge in [-0.05, 0) is 34.9 Å². The van der Waals surface area contributed by atoms with Crippen LogP contribution in [0.3, 0.4) is 0 Å². The SMILES string of the molecule is COc1cc(CC(=O)O)ccc1OC1CCN(C(=O)Cc2cn(Cc3ccccc3)c3cc([N+](=O)[O-])ccc23)CC1. The number of carboxylic acids is 1. The molecular formula is C31H31N3O7. The Morgan fingerprint density at radius 3 is 2.41 bits per heavy atom. The van der Waals surface area contributed by atoms with Crippen LogP contribution >= 0.6 is 0 Å². The van der Waals surface area contributed by atoms with Crippen molar-refractivity contribution in [3.8, 4) is 11.5 Å². The third-order valence-corrected chi connectivity index (χ3v) is 7.37. The Balaban J connectivity index is 1.26. The van der Waals surface area contributed by atoms with E-state index >= 15 is 0 Å². The molecule has 5 rings (SSSR count). The van der Waals surface area contributed by atoms with E-state index in [1.165, 1.54) is 13.2 Å². The van der Waals surface area contributed by atoms with Crippen molar-refractivity contribution in [2.75, 3.05) is 20.2 Å². The Hall–Kier alpha value is -4.86. The van der Waals surface area contributed by atoms with E-state index < -0.39 is 10.9 Å². The fourth-order valence-corrected chi connectivity index (χ4v) is 5.29. The Labute approximate surface area is 236 Å². The maximum atomic E-state index is 13.3. The fourth-order valence-electron chi connectivity index (χ4n) is 5.29. The van der Waals surface area contributed by atoms with Gasteiger partial charge in [-0.15, -0.1) is 0 Å². The molecule has 4 aromatic rings. The first-order chi connectivity index (χ1) is 19.8. The molecule has 0 saturated carbocycles. The van der Waals surface area contributed by atoms with Crippen LogP contribution in [0, 0.1) is 10.1 Å². The summed E-state index contributed by atoms with van der Waals surface area (Å²) in [6, 6.07) is 19.7. The number of likely N-dealkylation sites (tertiary alicyclic amines) is 1. The van der Waals surface area contributed by atoms with Crippen LogP contribution in [0.2, 0.25) is 0 Å². The second-order valence-corrected chi connectivity index (χ2v) is 10.2. The number of amides is 1. The molecule has 10 heteroatoms. The van der Waals surface area contributed by atoms with Gasteiger partial charge in [-0.3, -0.25) is 19.7 Å². The monoisotopic (exact) mass is 557 g/mol. The van der Waals surface area contributed by atoms with Gasteiger partial charge in [-0.25, -0.2) is 0 Å². The number of nitrogens with zero attached hydrogens (tertiary/aromatic N) is 3. The van der Waals surface area contributed by atoms with Crippen LogP contribution in [0.15, 0.2) is 72.9 Å². The highest BCUT2D eigenvalue weighted by atomic mass is 16.6. The number of hydrogen-bond donors (Lipinski definition) is 1. The van der Waals surface area contributed by atoms with Crippen molar-refractivity contribution in [1.82, 2.24) is 9.47 Å². The van der Waals surface area contributed by atoms with E-state index in [4.69, 9.17) is 14.6 Å². The lowest BCUT2D eigenvalue weighted by Crippen LogP contribution is -2.42. The van der Waals surface area contributed by atoms with Gasteiger partial charge in [0.15, 0.2) is 11.5 Å². The maximum absolute atomic E-state index is 13.3. The van der Waals surface area contributed by atoms with Crippen molar-refractivity contribution in [2.24, 2.45) is 0 Å². The van der Waals surface area contributed by atoms with Crippen molar-refractivity contribution >= 4 is 28.5 Å². The molecule has 1 aliphatic heterocycles. The lowest BCUT2D eigenvalue weighted by atomic mass is 10.0. The van der Waals surface area contributed by atoms with E-state index in [9.17, 15) is 19.7 Å². The number of rotatable bonds is 10.